The predicted molar refractivity (Wildman–Crippen MR) is 57.5 cm³/mol. The molecule has 2 nitrogen and oxygen atoms in total. The minimum atomic E-state index is 0.569. The van der Waals surface area contributed by atoms with Gasteiger partial charge in [0.1, 0.15) is 0 Å². The molecule has 0 saturated heterocycles. The van der Waals surface area contributed by atoms with Crippen molar-refractivity contribution in [3.05, 3.63) is 34.9 Å². The summed E-state index contributed by atoms with van der Waals surface area (Å²) in [4.78, 5) is 14.9. The van der Waals surface area contributed by atoms with Crippen molar-refractivity contribution >= 4 is 49.4 Å². The molecular formula is C10H5ClNOSe. The topological polar surface area (TPSA) is 30.0 Å². The fourth-order valence-electron chi connectivity index (χ4n) is 1.22. The molecule has 1 aromatic carbocycles. The van der Waals surface area contributed by atoms with Gasteiger partial charge < -0.3 is 0 Å². The standard InChI is InChI=1S/C10H5ClNOSe/c11-8-2-1-6-3-7(5-13)10(14)12-9(6)4-8/h1-5H. The van der Waals surface area contributed by atoms with E-state index in [2.05, 4.69) is 21.0 Å². The van der Waals surface area contributed by atoms with Gasteiger partial charge in [-0.15, -0.1) is 0 Å². The second kappa shape index (κ2) is 3.70. The molecule has 4 heteroatoms. The van der Waals surface area contributed by atoms with Crippen molar-refractivity contribution in [2.75, 3.05) is 0 Å². The van der Waals surface area contributed by atoms with Crippen molar-refractivity contribution in [2.24, 2.45) is 0 Å². The van der Waals surface area contributed by atoms with Gasteiger partial charge in [0.15, 0.2) is 0 Å². The van der Waals surface area contributed by atoms with E-state index in [9.17, 15) is 4.79 Å². The monoisotopic (exact) mass is 270 g/mol. The van der Waals surface area contributed by atoms with Crippen LogP contribution in [0.2, 0.25) is 5.02 Å². The SMILES string of the molecule is O=Cc1cc2ccc(Cl)cc2nc1[Se]. The van der Waals surface area contributed by atoms with Crippen LogP contribution in [0.4, 0.5) is 0 Å². The molecule has 0 aliphatic rings. The van der Waals surface area contributed by atoms with Crippen molar-refractivity contribution in [3.8, 4) is 0 Å². The van der Waals surface area contributed by atoms with E-state index >= 15 is 0 Å². The van der Waals surface area contributed by atoms with Gasteiger partial charge >= 0.3 is 94.0 Å². The van der Waals surface area contributed by atoms with Gasteiger partial charge in [-0.2, -0.15) is 0 Å². The van der Waals surface area contributed by atoms with E-state index in [4.69, 9.17) is 11.6 Å². The summed E-state index contributed by atoms with van der Waals surface area (Å²) in [7, 11) is 0. The molecule has 69 valence electrons. The van der Waals surface area contributed by atoms with Crippen LogP contribution < -0.4 is 4.59 Å². The zero-order valence-electron chi connectivity index (χ0n) is 7.03. The van der Waals surface area contributed by atoms with Crippen LogP contribution in [-0.2, 0) is 0 Å². The van der Waals surface area contributed by atoms with Gasteiger partial charge in [-0.3, -0.25) is 0 Å². The number of fused-ring (bicyclic) bond motifs is 1. The summed E-state index contributed by atoms with van der Waals surface area (Å²) in [5.41, 5.74) is 1.36. The summed E-state index contributed by atoms with van der Waals surface area (Å²) in [5, 5.41) is 1.55. The fraction of sp³-hybridized carbons (Fsp3) is 0. The van der Waals surface area contributed by atoms with Gasteiger partial charge in [-0.25, -0.2) is 0 Å². The molecule has 0 saturated carbocycles. The van der Waals surface area contributed by atoms with E-state index < -0.39 is 0 Å². The van der Waals surface area contributed by atoms with E-state index in [0.717, 1.165) is 17.2 Å². The van der Waals surface area contributed by atoms with E-state index in [-0.39, 0.29) is 0 Å². The number of nitrogens with zero attached hydrogens (tertiary/aromatic N) is 1. The molecule has 0 fully saturated rings. The molecular weight excluding hydrogens is 265 g/mol. The molecule has 1 heterocycles. The molecule has 2 rings (SSSR count). The van der Waals surface area contributed by atoms with E-state index in [0.29, 0.717) is 15.2 Å². The number of aldehydes is 1. The second-order valence-electron chi connectivity index (χ2n) is 2.84. The van der Waals surface area contributed by atoms with Crippen LogP contribution in [0, 0.1) is 0 Å². The molecule has 1 radical (unpaired) electrons. The molecule has 0 unspecified atom stereocenters. The Balaban J connectivity index is 2.79. The number of carbonyl (C=O) groups excluding carboxylic acids is 1. The zero-order valence-corrected chi connectivity index (χ0v) is 9.50. The Morgan fingerprint density at radius 1 is 1.36 bits per heavy atom. The Morgan fingerprint density at radius 3 is 2.86 bits per heavy atom. The third kappa shape index (κ3) is 1.67. The predicted octanol–water partition coefficient (Wildman–Crippen LogP) is 1.49. The second-order valence-corrected chi connectivity index (χ2v) is 4.09. The summed E-state index contributed by atoms with van der Waals surface area (Å²) >= 11 is 8.57. The minimum absolute atomic E-state index is 0.569. The maximum atomic E-state index is 10.7. The first-order valence-electron chi connectivity index (χ1n) is 3.93. The van der Waals surface area contributed by atoms with E-state index in [1.54, 1.807) is 18.2 Å². The first-order valence-corrected chi connectivity index (χ1v) is 5.16. The summed E-state index contributed by atoms with van der Waals surface area (Å²) in [5.74, 6) is 0. The van der Waals surface area contributed by atoms with Crippen LogP contribution in [0.3, 0.4) is 0 Å². The summed E-state index contributed by atoms with van der Waals surface area (Å²) in [6.07, 6.45) is 0.785. The van der Waals surface area contributed by atoms with Crippen molar-refractivity contribution < 1.29 is 4.79 Å². The van der Waals surface area contributed by atoms with Crippen molar-refractivity contribution in [2.45, 2.75) is 0 Å². The molecule has 0 atom stereocenters. The average Bonchev–Trinajstić information content (AvgIpc) is 2.16. The fourth-order valence-corrected chi connectivity index (χ4v) is 1.82. The Bertz CT molecular complexity index is 513. The summed E-state index contributed by atoms with van der Waals surface area (Å²) < 4.78 is 0.606. The van der Waals surface area contributed by atoms with Gasteiger partial charge in [0.2, 0.25) is 0 Å². The van der Waals surface area contributed by atoms with Crippen LogP contribution in [0.25, 0.3) is 10.9 Å². The number of aromatic nitrogens is 1. The molecule has 0 N–H and O–H groups in total. The van der Waals surface area contributed by atoms with Gasteiger partial charge in [0, 0.05) is 0 Å². The first-order chi connectivity index (χ1) is 6.70. The number of halogens is 1. The van der Waals surface area contributed by atoms with Crippen LogP contribution >= 0.6 is 11.6 Å². The van der Waals surface area contributed by atoms with Crippen LogP contribution in [0.1, 0.15) is 10.4 Å². The Kier molecular flexibility index (Phi) is 2.55. The van der Waals surface area contributed by atoms with Crippen molar-refractivity contribution in [3.63, 3.8) is 0 Å². The van der Waals surface area contributed by atoms with Crippen LogP contribution in [0.5, 0.6) is 0 Å². The Hall–Kier alpha value is -0.891. The number of rotatable bonds is 1. The Labute approximate surface area is 94.1 Å². The number of carbonyl (C=O) groups is 1. The molecule has 0 aliphatic heterocycles. The van der Waals surface area contributed by atoms with Crippen LogP contribution in [0.15, 0.2) is 24.3 Å². The quantitative estimate of drug-likeness (QED) is 0.580. The summed E-state index contributed by atoms with van der Waals surface area (Å²) in [6.45, 7) is 0. The molecule has 0 amide bonds. The van der Waals surface area contributed by atoms with Gasteiger partial charge in [0.25, 0.3) is 0 Å². The van der Waals surface area contributed by atoms with Gasteiger partial charge in [-0.1, -0.05) is 0 Å². The van der Waals surface area contributed by atoms with E-state index in [1.165, 1.54) is 0 Å². The van der Waals surface area contributed by atoms with Crippen molar-refractivity contribution in [1.82, 2.24) is 4.98 Å². The summed E-state index contributed by atoms with van der Waals surface area (Å²) in [6, 6.07) is 7.18. The molecule has 2 aromatic rings. The van der Waals surface area contributed by atoms with Crippen LogP contribution in [-0.4, -0.2) is 27.3 Å². The average molecular weight is 270 g/mol. The maximum absolute atomic E-state index is 10.7. The number of hydrogen-bond donors (Lipinski definition) is 0. The first kappa shape index (κ1) is 9.66. The molecule has 1 aromatic heterocycles. The number of hydrogen-bond acceptors (Lipinski definition) is 2. The molecule has 0 aliphatic carbocycles. The third-order valence-corrected chi connectivity index (χ3v) is 2.82. The number of pyridine rings is 1. The Morgan fingerprint density at radius 2 is 2.14 bits per heavy atom. The van der Waals surface area contributed by atoms with Gasteiger partial charge in [-0.05, 0) is 0 Å². The van der Waals surface area contributed by atoms with Crippen molar-refractivity contribution in [1.29, 1.82) is 0 Å². The molecule has 0 bridgehead atoms. The molecule has 14 heavy (non-hydrogen) atoms. The van der Waals surface area contributed by atoms with Gasteiger partial charge in [0.05, 0.1) is 0 Å². The third-order valence-electron chi connectivity index (χ3n) is 1.90. The normalized spacial score (nSPS) is 10.4. The van der Waals surface area contributed by atoms with E-state index in [1.807, 2.05) is 6.07 Å². The number of benzene rings is 1. The molecule has 0 spiro atoms. The zero-order chi connectivity index (χ0) is 10.1.